The highest BCUT2D eigenvalue weighted by Gasteiger charge is 2.46. The molecule has 37 heavy (non-hydrogen) atoms. The average molecular weight is 539 g/mol. The first kappa shape index (κ1) is 32.8. The molecule has 0 aliphatic carbocycles. The minimum atomic E-state index is -1.51. The fraction of sp³-hybridized carbons (Fsp3) is 1.00. The van der Waals surface area contributed by atoms with E-state index < -0.39 is 74.3 Å². The number of aliphatic hydroxyl groups excluding tert-OH is 7. The lowest BCUT2D eigenvalue weighted by Crippen LogP contribution is -2.60. The average Bonchev–Trinajstić information content (AvgIpc) is 2.90. The highest BCUT2D eigenvalue weighted by atomic mass is 16.7. The zero-order chi connectivity index (χ0) is 27.2. The van der Waals surface area contributed by atoms with Crippen molar-refractivity contribution in [3.63, 3.8) is 0 Å². The topological polar surface area (TPSA) is 179 Å². The summed E-state index contributed by atoms with van der Waals surface area (Å²) >= 11 is 0. The number of rotatable bonds is 18. The van der Waals surface area contributed by atoms with Gasteiger partial charge >= 0.3 is 0 Å². The highest BCUT2D eigenvalue weighted by molar-refractivity contribution is 4.93. The van der Waals surface area contributed by atoms with Crippen LogP contribution in [-0.2, 0) is 18.9 Å². The standard InChI is InChI=1S/C26H50O11/c1-2-3-4-5-6-7-8-9-10-11-12-35-26-25(33)21(29)17(18(13-27)37-26)15-34-16-20-23(31)24(32)22(30)19(14-28)36-20/h17-33H,2-16H2,1H3/t17-,18-,19-,20+,21+,22-,23+,24+,25-,26-/m1/s1. The van der Waals surface area contributed by atoms with Crippen molar-refractivity contribution >= 4 is 0 Å². The first-order valence-electron chi connectivity index (χ1n) is 14.0. The molecule has 2 aliphatic rings. The van der Waals surface area contributed by atoms with E-state index in [0.29, 0.717) is 6.61 Å². The first-order valence-corrected chi connectivity index (χ1v) is 14.0. The molecule has 2 aliphatic heterocycles. The minimum absolute atomic E-state index is 0.135. The normalized spacial score (nSPS) is 36.6. The smallest absolute Gasteiger partial charge is 0.186 e. The molecule has 2 heterocycles. The largest absolute Gasteiger partial charge is 0.394 e. The molecule has 11 nitrogen and oxygen atoms in total. The van der Waals surface area contributed by atoms with Gasteiger partial charge in [0, 0.05) is 12.5 Å². The SMILES string of the molecule is CCCCCCCCCCCCO[C@@H]1O[C@H](CO)[C@@H](COC[C@@H]2O[C@H](CO)[C@@H](O)[C@H](O)[C@H]2O)[C@H](O)[C@H]1O. The third kappa shape index (κ3) is 10.2. The molecule has 11 heteroatoms. The lowest BCUT2D eigenvalue weighted by atomic mass is 9.90. The van der Waals surface area contributed by atoms with Crippen molar-refractivity contribution in [2.24, 2.45) is 5.92 Å². The lowest BCUT2D eigenvalue weighted by Gasteiger charge is -2.42. The van der Waals surface area contributed by atoms with E-state index in [0.717, 1.165) is 19.3 Å². The molecule has 0 spiro atoms. The maximum absolute atomic E-state index is 10.6. The molecule has 0 aromatic carbocycles. The van der Waals surface area contributed by atoms with Crippen LogP contribution in [0, 0.1) is 5.92 Å². The van der Waals surface area contributed by atoms with Crippen molar-refractivity contribution in [2.45, 2.75) is 126 Å². The zero-order valence-electron chi connectivity index (χ0n) is 22.1. The van der Waals surface area contributed by atoms with Crippen molar-refractivity contribution < 1.29 is 54.7 Å². The van der Waals surface area contributed by atoms with Crippen molar-refractivity contribution in [3.05, 3.63) is 0 Å². The Bertz CT molecular complexity index is 579. The third-order valence-corrected chi connectivity index (χ3v) is 7.40. The van der Waals surface area contributed by atoms with Crippen molar-refractivity contribution in [2.75, 3.05) is 33.0 Å². The molecule has 0 aromatic heterocycles. The molecule has 2 fully saturated rings. The molecule has 2 saturated heterocycles. The molecule has 220 valence electrons. The van der Waals surface area contributed by atoms with Crippen LogP contribution in [0.2, 0.25) is 0 Å². The Morgan fingerprint density at radius 1 is 0.568 bits per heavy atom. The summed E-state index contributed by atoms with van der Waals surface area (Å²) in [5.74, 6) is -0.776. The number of hydrogen-bond donors (Lipinski definition) is 7. The van der Waals surface area contributed by atoms with Crippen LogP contribution < -0.4 is 0 Å². The van der Waals surface area contributed by atoms with Gasteiger partial charge in [-0.15, -0.1) is 0 Å². The summed E-state index contributed by atoms with van der Waals surface area (Å²) < 4.78 is 22.3. The van der Waals surface area contributed by atoms with Crippen LogP contribution in [0.25, 0.3) is 0 Å². The van der Waals surface area contributed by atoms with Gasteiger partial charge in [-0.1, -0.05) is 64.7 Å². The molecular weight excluding hydrogens is 488 g/mol. The van der Waals surface area contributed by atoms with E-state index in [-0.39, 0.29) is 13.2 Å². The van der Waals surface area contributed by atoms with Crippen LogP contribution in [0.3, 0.4) is 0 Å². The molecule has 0 unspecified atom stereocenters. The minimum Gasteiger partial charge on any atom is -0.394 e. The quantitative estimate of drug-likeness (QED) is 0.115. The van der Waals surface area contributed by atoms with E-state index in [1.165, 1.54) is 44.9 Å². The van der Waals surface area contributed by atoms with E-state index in [9.17, 15) is 35.7 Å². The van der Waals surface area contributed by atoms with Crippen molar-refractivity contribution in [1.29, 1.82) is 0 Å². The fourth-order valence-corrected chi connectivity index (χ4v) is 4.94. The molecule has 0 saturated carbocycles. The number of unbranched alkanes of at least 4 members (excludes halogenated alkanes) is 9. The van der Waals surface area contributed by atoms with Gasteiger partial charge in [0.15, 0.2) is 6.29 Å². The monoisotopic (exact) mass is 538 g/mol. The van der Waals surface area contributed by atoms with Gasteiger partial charge in [-0.2, -0.15) is 0 Å². The number of ether oxygens (including phenoxy) is 4. The fourth-order valence-electron chi connectivity index (χ4n) is 4.94. The predicted molar refractivity (Wildman–Crippen MR) is 134 cm³/mol. The number of aliphatic hydroxyl groups is 7. The maximum Gasteiger partial charge on any atom is 0.186 e. The zero-order valence-corrected chi connectivity index (χ0v) is 22.1. The Morgan fingerprint density at radius 3 is 1.73 bits per heavy atom. The van der Waals surface area contributed by atoms with Gasteiger partial charge < -0.3 is 54.7 Å². The van der Waals surface area contributed by atoms with Gasteiger partial charge in [-0.25, -0.2) is 0 Å². The van der Waals surface area contributed by atoms with Crippen molar-refractivity contribution in [3.8, 4) is 0 Å². The Labute approximate surface area is 220 Å². The molecule has 0 bridgehead atoms. The second-order valence-electron chi connectivity index (χ2n) is 10.3. The number of hydrogen-bond acceptors (Lipinski definition) is 11. The molecule has 7 N–H and O–H groups in total. The van der Waals surface area contributed by atoms with Crippen LogP contribution in [0.15, 0.2) is 0 Å². The summed E-state index contributed by atoms with van der Waals surface area (Å²) in [5, 5.41) is 70.1. The summed E-state index contributed by atoms with van der Waals surface area (Å²) in [7, 11) is 0. The molecule has 0 radical (unpaired) electrons. The Morgan fingerprint density at radius 2 is 1.14 bits per heavy atom. The Balaban J connectivity index is 1.68. The van der Waals surface area contributed by atoms with Gasteiger partial charge in [-0.3, -0.25) is 0 Å². The van der Waals surface area contributed by atoms with E-state index in [1.807, 2.05) is 0 Å². The Kier molecular flexibility index (Phi) is 16.0. The lowest BCUT2D eigenvalue weighted by molar-refractivity contribution is -0.296. The molecule has 0 amide bonds. The van der Waals surface area contributed by atoms with Crippen LogP contribution in [0.4, 0.5) is 0 Å². The van der Waals surface area contributed by atoms with E-state index in [4.69, 9.17) is 18.9 Å². The third-order valence-electron chi connectivity index (χ3n) is 7.40. The van der Waals surface area contributed by atoms with Crippen molar-refractivity contribution in [1.82, 2.24) is 0 Å². The molecule has 0 aromatic rings. The summed E-state index contributed by atoms with van der Waals surface area (Å²) in [6.45, 7) is 1.28. The summed E-state index contributed by atoms with van der Waals surface area (Å²) in [6, 6.07) is 0. The van der Waals surface area contributed by atoms with E-state index in [2.05, 4.69) is 6.92 Å². The summed E-state index contributed by atoms with van der Waals surface area (Å²) in [5.41, 5.74) is 0. The van der Waals surface area contributed by atoms with Gasteiger partial charge in [0.25, 0.3) is 0 Å². The first-order chi connectivity index (χ1) is 17.8. The molecular formula is C26H50O11. The maximum atomic E-state index is 10.6. The highest BCUT2D eigenvalue weighted by Crippen LogP contribution is 2.28. The summed E-state index contributed by atoms with van der Waals surface area (Å²) in [4.78, 5) is 0. The predicted octanol–water partition coefficient (Wildman–Crippen LogP) is -0.162. The Hall–Kier alpha value is -0.440. The molecule has 10 atom stereocenters. The molecule has 2 rings (SSSR count). The second-order valence-corrected chi connectivity index (χ2v) is 10.3. The van der Waals surface area contributed by atoms with Gasteiger partial charge in [0.1, 0.15) is 36.6 Å². The van der Waals surface area contributed by atoms with E-state index in [1.54, 1.807) is 0 Å². The van der Waals surface area contributed by atoms with Crippen LogP contribution in [0.5, 0.6) is 0 Å². The van der Waals surface area contributed by atoms with E-state index >= 15 is 0 Å². The van der Waals surface area contributed by atoms with Gasteiger partial charge in [0.2, 0.25) is 0 Å². The van der Waals surface area contributed by atoms with Gasteiger partial charge in [0.05, 0.1) is 38.6 Å². The summed E-state index contributed by atoms with van der Waals surface area (Å²) in [6.07, 6.45) is 0.897. The second kappa shape index (κ2) is 18.0. The van der Waals surface area contributed by atoms with Gasteiger partial charge in [-0.05, 0) is 6.42 Å². The van der Waals surface area contributed by atoms with Crippen LogP contribution in [0.1, 0.15) is 71.1 Å². The van der Waals surface area contributed by atoms with Crippen LogP contribution in [-0.4, -0.2) is 124 Å². The van der Waals surface area contributed by atoms with Crippen LogP contribution >= 0.6 is 0 Å².